The predicted octanol–water partition coefficient (Wildman–Crippen LogP) is 12.9. The van der Waals surface area contributed by atoms with Crippen molar-refractivity contribution in [3.05, 3.63) is 0 Å². The van der Waals surface area contributed by atoms with Gasteiger partial charge in [-0.1, -0.05) is 213 Å². The fourth-order valence-corrected chi connectivity index (χ4v) is 6.33. The van der Waals surface area contributed by atoms with Crippen LogP contribution in [-0.2, 0) is 23.5 Å². The Labute approximate surface area is 287 Å². The molecule has 0 saturated heterocycles. The molecule has 0 aliphatic rings. The van der Waals surface area contributed by atoms with E-state index < -0.39 is 16.7 Å². The van der Waals surface area contributed by atoms with E-state index in [0.29, 0.717) is 0 Å². The molecule has 0 bridgehead atoms. The molecule has 274 valence electrons. The van der Waals surface area contributed by atoms with Crippen molar-refractivity contribution in [3.8, 4) is 0 Å². The fraction of sp³-hybridized carbons (Fsp3) is 1.00. The summed E-state index contributed by atoms with van der Waals surface area (Å²) in [6.45, 7) is 11.1. The molecule has 0 aromatic rings. The number of hydrogen-bond acceptors (Lipinski definition) is 3. The van der Waals surface area contributed by atoms with Gasteiger partial charge in [0, 0.05) is 0 Å². The molecule has 6 heteroatoms. The minimum absolute atomic E-state index is 1.37. The van der Waals surface area contributed by atoms with Gasteiger partial charge in [-0.3, -0.25) is 0 Å². The van der Waals surface area contributed by atoms with Crippen LogP contribution in [0.4, 0.5) is 0 Å². The molecule has 0 heterocycles. The van der Waals surface area contributed by atoms with E-state index in [1.807, 2.05) is 0 Å². The van der Waals surface area contributed by atoms with Gasteiger partial charge in [-0.25, -0.2) is 0 Å². The van der Waals surface area contributed by atoms with Crippen molar-refractivity contribution in [1.29, 1.82) is 0 Å². The maximum atomic E-state index is 8.85. The van der Waals surface area contributed by atoms with Gasteiger partial charge in [-0.05, 0) is 38.9 Å². The van der Waals surface area contributed by atoms with Crippen molar-refractivity contribution in [1.82, 2.24) is 4.90 Å². The first-order chi connectivity index (χ1) is 21.8. The molecular weight excluding hydrogens is 642 g/mol. The van der Waals surface area contributed by atoms with Gasteiger partial charge in [-0.15, -0.1) is 0 Å². The van der Waals surface area contributed by atoms with Crippen molar-refractivity contribution in [2.24, 2.45) is 0 Å². The monoisotopic (exact) mass is 728 g/mol. The topological polar surface area (TPSA) is 77.8 Å². The van der Waals surface area contributed by atoms with Crippen molar-refractivity contribution >= 4 is 0 Å². The molecule has 0 aliphatic carbocycles. The second kappa shape index (κ2) is 40.3. The van der Waals surface area contributed by atoms with E-state index in [2.05, 4.69) is 25.7 Å². The Morgan fingerprint density at radius 1 is 0.311 bits per heavy atom. The Bertz CT molecular complexity index is 559. The van der Waals surface area contributed by atoms with Crippen LogP contribution in [0, 0.1) is 0 Å². The van der Waals surface area contributed by atoms with Gasteiger partial charge in [0.05, 0.1) is 0 Å². The summed E-state index contributed by atoms with van der Waals surface area (Å²) < 4.78 is 32.0. The van der Waals surface area contributed by atoms with Crippen LogP contribution in [0.1, 0.15) is 233 Å². The first-order valence-electron chi connectivity index (χ1n) is 20.3. The molecule has 2 N–H and O–H groups in total. The molecule has 0 fully saturated rings. The molecule has 0 atom stereocenters. The summed E-state index contributed by atoms with van der Waals surface area (Å²) in [5.41, 5.74) is 0. The molecular formula is C39H83MoNO4. The van der Waals surface area contributed by atoms with Crippen molar-refractivity contribution < 1.29 is 31.1 Å². The van der Waals surface area contributed by atoms with Gasteiger partial charge in [0.15, 0.2) is 0 Å². The summed E-state index contributed by atoms with van der Waals surface area (Å²) in [7, 11) is 0. The van der Waals surface area contributed by atoms with E-state index >= 15 is 0 Å². The minimum atomic E-state index is -5.52. The van der Waals surface area contributed by atoms with E-state index in [0.717, 1.165) is 0 Å². The standard InChI is InChI=1S/C39H81N.Mo.2H2O.2O/c1-4-7-10-13-16-19-22-25-28-31-34-37-40(38-35-32-29-26-23-20-17-14-11-8-5-2)39-36-33-30-27-24-21-18-15-12-9-6-3;;;;;/h4-39H2,1-3H3;;2*1H2;;/q;+2;;;;/p-2. The molecule has 0 aromatic carbocycles. The summed E-state index contributed by atoms with van der Waals surface area (Å²) in [6, 6.07) is 0. The zero-order chi connectivity index (χ0) is 33.5. The second-order valence-corrected chi connectivity index (χ2v) is 16.1. The Kier molecular flexibility index (Phi) is 42.4. The third-order valence-corrected chi connectivity index (χ3v) is 9.23. The van der Waals surface area contributed by atoms with E-state index in [9.17, 15) is 0 Å². The quantitative estimate of drug-likeness (QED) is 0.0497. The van der Waals surface area contributed by atoms with E-state index in [1.54, 1.807) is 0 Å². The molecule has 0 amide bonds. The molecule has 0 aromatic heterocycles. The molecule has 5 nitrogen and oxygen atoms in total. The Morgan fingerprint density at radius 3 is 0.600 bits per heavy atom. The molecule has 0 saturated carbocycles. The molecule has 45 heavy (non-hydrogen) atoms. The number of nitrogens with zero attached hydrogens (tertiary/aromatic N) is 1. The average molecular weight is 726 g/mol. The molecule has 0 rings (SSSR count). The van der Waals surface area contributed by atoms with Crippen LogP contribution in [-0.4, -0.2) is 32.1 Å². The Hall–Kier alpha value is 0.168. The molecule has 0 spiro atoms. The fourth-order valence-electron chi connectivity index (χ4n) is 6.33. The van der Waals surface area contributed by atoms with Gasteiger partial charge in [0.25, 0.3) is 0 Å². The van der Waals surface area contributed by atoms with Crippen LogP contribution in [0.5, 0.6) is 0 Å². The molecule has 0 unspecified atom stereocenters. The third-order valence-electron chi connectivity index (χ3n) is 9.23. The van der Waals surface area contributed by atoms with E-state index in [1.165, 1.54) is 232 Å². The zero-order valence-electron chi connectivity index (χ0n) is 31.0. The molecule has 0 aliphatic heterocycles. The zero-order valence-corrected chi connectivity index (χ0v) is 33.0. The predicted molar refractivity (Wildman–Crippen MR) is 192 cm³/mol. The van der Waals surface area contributed by atoms with Crippen LogP contribution >= 0.6 is 0 Å². The SMILES string of the molecule is CCCCCCCCCCCCCN(CCCCCCCCCCCCC)CCCCCCCCCCCCC.[O]=[Mo](=[O])([OH])[OH]. The number of hydrogen-bond donors (Lipinski definition) is 2. The maximum absolute atomic E-state index is 8.85. The second-order valence-electron chi connectivity index (χ2n) is 13.9. The van der Waals surface area contributed by atoms with E-state index in [4.69, 9.17) is 14.3 Å². The van der Waals surface area contributed by atoms with Crippen LogP contribution in [0.3, 0.4) is 0 Å². The first-order valence-corrected chi connectivity index (χ1v) is 23.7. The van der Waals surface area contributed by atoms with Crippen LogP contribution in [0.15, 0.2) is 0 Å². The van der Waals surface area contributed by atoms with Gasteiger partial charge < -0.3 is 4.90 Å². The number of rotatable bonds is 36. The van der Waals surface area contributed by atoms with Gasteiger partial charge in [0.2, 0.25) is 0 Å². The summed E-state index contributed by atoms with van der Waals surface area (Å²) in [6.07, 6.45) is 48.1. The normalized spacial score (nSPS) is 11.7. The van der Waals surface area contributed by atoms with Crippen LogP contribution in [0.25, 0.3) is 0 Å². The van der Waals surface area contributed by atoms with Gasteiger partial charge in [0.1, 0.15) is 0 Å². The summed E-state index contributed by atoms with van der Waals surface area (Å²) in [5.74, 6) is 0. The van der Waals surface area contributed by atoms with Crippen LogP contribution in [0.2, 0.25) is 0 Å². The van der Waals surface area contributed by atoms with E-state index in [-0.39, 0.29) is 0 Å². The van der Waals surface area contributed by atoms with Crippen molar-refractivity contribution in [3.63, 3.8) is 0 Å². The third kappa shape index (κ3) is 51.2. The summed E-state index contributed by atoms with van der Waals surface area (Å²) in [5, 5.41) is 0. The van der Waals surface area contributed by atoms with Gasteiger partial charge in [-0.2, -0.15) is 0 Å². The summed E-state index contributed by atoms with van der Waals surface area (Å²) >= 11 is -5.52. The average Bonchev–Trinajstić information content (AvgIpc) is 3.00. The number of unbranched alkanes of at least 4 members (excludes halogenated alkanes) is 30. The van der Waals surface area contributed by atoms with Crippen LogP contribution < -0.4 is 0 Å². The van der Waals surface area contributed by atoms with Crippen molar-refractivity contribution in [2.45, 2.75) is 233 Å². The molecule has 0 radical (unpaired) electrons. The Morgan fingerprint density at radius 2 is 0.444 bits per heavy atom. The van der Waals surface area contributed by atoms with Gasteiger partial charge >= 0.3 is 31.1 Å². The first kappa shape index (κ1) is 47.3. The van der Waals surface area contributed by atoms with Crippen molar-refractivity contribution in [2.75, 3.05) is 19.6 Å². The summed E-state index contributed by atoms with van der Waals surface area (Å²) in [4.78, 5) is 2.86. The Balaban J connectivity index is 0.